The Bertz CT molecular complexity index is 976. The average molecular weight is 385 g/mol. The molecule has 0 aliphatic carbocycles. The molecule has 3 N–H and O–H groups in total. The number of hydrogen-bond donors (Lipinski definition) is 2. The predicted octanol–water partition coefficient (Wildman–Crippen LogP) is 3.53. The smallest absolute Gasteiger partial charge is 0.306 e. The summed E-state index contributed by atoms with van der Waals surface area (Å²) in [5, 5.41) is 9.90. The van der Waals surface area contributed by atoms with Gasteiger partial charge >= 0.3 is 5.97 Å². The van der Waals surface area contributed by atoms with Crippen molar-refractivity contribution in [3.8, 4) is 11.3 Å². The van der Waals surface area contributed by atoms with Gasteiger partial charge in [-0.15, -0.1) is 0 Å². The summed E-state index contributed by atoms with van der Waals surface area (Å²) in [7, 11) is 0. The third-order valence-corrected chi connectivity index (χ3v) is 5.42. The van der Waals surface area contributed by atoms with E-state index in [-0.39, 0.29) is 5.92 Å². The van der Waals surface area contributed by atoms with Crippen LogP contribution in [0.1, 0.15) is 18.5 Å². The number of rotatable bonds is 4. The summed E-state index contributed by atoms with van der Waals surface area (Å²) >= 11 is 6.03. The lowest BCUT2D eigenvalue weighted by molar-refractivity contribution is -0.143. The minimum Gasteiger partial charge on any atom is -0.481 e. The highest BCUT2D eigenvalue weighted by Crippen LogP contribution is 2.29. The SMILES string of the molecule is Nc1ccc2nc(-c3ccc(Cl)cc3)c(CN3CCC(C(=O)O)CC3)n2c1. The Balaban J connectivity index is 1.69. The second-order valence-electron chi connectivity index (χ2n) is 6.99. The Hall–Kier alpha value is -2.57. The zero-order valence-electron chi connectivity index (χ0n) is 14.8. The zero-order valence-corrected chi connectivity index (χ0v) is 15.6. The topological polar surface area (TPSA) is 83.9 Å². The molecule has 1 aliphatic heterocycles. The number of carbonyl (C=O) groups is 1. The van der Waals surface area contributed by atoms with Crippen LogP contribution in [0.3, 0.4) is 0 Å². The van der Waals surface area contributed by atoms with Crippen LogP contribution >= 0.6 is 11.6 Å². The molecular formula is C20H21ClN4O2. The van der Waals surface area contributed by atoms with E-state index in [0.717, 1.165) is 35.7 Å². The molecule has 0 atom stereocenters. The summed E-state index contributed by atoms with van der Waals surface area (Å²) in [6.45, 7) is 2.20. The molecule has 1 fully saturated rings. The van der Waals surface area contributed by atoms with Crippen molar-refractivity contribution in [1.82, 2.24) is 14.3 Å². The van der Waals surface area contributed by atoms with Crippen molar-refractivity contribution in [1.29, 1.82) is 0 Å². The molecule has 0 bridgehead atoms. The van der Waals surface area contributed by atoms with E-state index < -0.39 is 5.97 Å². The van der Waals surface area contributed by atoms with Gasteiger partial charge in [-0.3, -0.25) is 9.69 Å². The molecule has 140 valence electrons. The van der Waals surface area contributed by atoms with Crippen molar-refractivity contribution >= 4 is 28.9 Å². The van der Waals surface area contributed by atoms with Crippen LogP contribution < -0.4 is 5.73 Å². The average Bonchev–Trinajstić information content (AvgIpc) is 3.00. The third-order valence-electron chi connectivity index (χ3n) is 5.17. The summed E-state index contributed by atoms with van der Waals surface area (Å²) in [5.74, 6) is -0.936. The van der Waals surface area contributed by atoms with Crippen LogP contribution in [0.15, 0.2) is 42.6 Å². The van der Waals surface area contributed by atoms with Gasteiger partial charge < -0.3 is 15.2 Å². The molecule has 1 saturated heterocycles. The summed E-state index contributed by atoms with van der Waals surface area (Å²) in [5.41, 5.74) is 10.5. The summed E-state index contributed by atoms with van der Waals surface area (Å²) < 4.78 is 2.03. The first-order chi connectivity index (χ1) is 13.0. The summed E-state index contributed by atoms with van der Waals surface area (Å²) in [6, 6.07) is 11.4. The number of carboxylic acids is 1. The Morgan fingerprint density at radius 1 is 1.19 bits per heavy atom. The monoisotopic (exact) mass is 384 g/mol. The number of likely N-dealkylation sites (tertiary alicyclic amines) is 1. The standard InChI is InChI=1S/C20H21ClN4O2/c21-15-3-1-13(2-4-15)19-17(25-11-16(22)5-6-18(25)23-19)12-24-9-7-14(8-10-24)20(26)27/h1-6,11,14H,7-10,12,22H2,(H,26,27). The van der Waals surface area contributed by atoms with Crippen LogP contribution in [0.25, 0.3) is 16.9 Å². The molecule has 3 aromatic rings. The fraction of sp³-hybridized carbons (Fsp3) is 0.300. The summed E-state index contributed by atoms with van der Waals surface area (Å²) in [4.78, 5) is 18.3. The van der Waals surface area contributed by atoms with E-state index in [9.17, 15) is 9.90 Å². The van der Waals surface area contributed by atoms with Crippen LogP contribution in [0, 0.1) is 5.92 Å². The number of aliphatic carboxylic acids is 1. The van der Waals surface area contributed by atoms with Crippen LogP contribution in [-0.4, -0.2) is 38.4 Å². The molecule has 1 aromatic carbocycles. The lowest BCUT2D eigenvalue weighted by Gasteiger charge is -2.30. The molecule has 2 aromatic heterocycles. The third kappa shape index (κ3) is 3.63. The van der Waals surface area contributed by atoms with Crippen LogP contribution in [0.4, 0.5) is 5.69 Å². The molecule has 0 radical (unpaired) electrons. The van der Waals surface area contributed by atoms with E-state index in [1.165, 1.54) is 0 Å². The van der Waals surface area contributed by atoms with Gasteiger partial charge in [0.1, 0.15) is 5.65 Å². The molecule has 0 saturated carbocycles. The van der Waals surface area contributed by atoms with E-state index in [1.807, 2.05) is 47.0 Å². The number of hydrogen-bond acceptors (Lipinski definition) is 4. The van der Waals surface area contributed by atoms with Gasteiger partial charge in [0.25, 0.3) is 0 Å². The van der Waals surface area contributed by atoms with Crippen molar-refractivity contribution in [2.45, 2.75) is 19.4 Å². The fourth-order valence-corrected chi connectivity index (χ4v) is 3.78. The van der Waals surface area contributed by atoms with Gasteiger partial charge in [-0.2, -0.15) is 0 Å². The normalized spacial score (nSPS) is 16.0. The number of benzene rings is 1. The molecular weight excluding hydrogens is 364 g/mol. The van der Waals surface area contributed by atoms with Crippen LogP contribution in [0.2, 0.25) is 5.02 Å². The Labute approximate surface area is 162 Å². The van der Waals surface area contributed by atoms with Crippen LogP contribution in [0.5, 0.6) is 0 Å². The second-order valence-corrected chi connectivity index (χ2v) is 7.43. The van der Waals surface area contributed by atoms with Crippen molar-refractivity contribution < 1.29 is 9.90 Å². The maximum Gasteiger partial charge on any atom is 0.306 e. The molecule has 0 spiro atoms. The first-order valence-electron chi connectivity index (χ1n) is 8.99. The van der Waals surface area contributed by atoms with Gasteiger partial charge in [-0.25, -0.2) is 4.98 Å². The van der Waals surface area contributed by atoms with Gasteiger partial charge in [-0.1, -0.05) is 23.7 Å². The number of nitrogens with two attached hydrogens (primary N) is 1. The minimum absolute atomic E-state index is 0.241. The first-order valence-corrected chi connectivity index (χ1v) is 9.36. The molecule has 1 aliphatic rings. The molecule has 0 amide bonds. The highest BCUT2D eigenvalue weighted by atomic mass is 35.5. The second kappa shape index (κ2) is 7.21. The van der Waals surface area contributed by atoms with Crippen molar-refractivity contribution in [2.75, 3.05) is 18.8 Å². The van der Waals surface area contributed by atoms with Gasteiger partial charge in [0.2, 0.25) is 0 Å². The van der Waals surface area contributed by atoms with Crippen LogP contribution in [-0.2, 0) is 11.3 Å². The Morgan fingerprint density at radius 2 is 1.89 bits per heavy atom. The molecule has 3 heterocycles. The summed E-state index contributed by atoms with van der Waals surface area (Å²) in [6.07, 6.45) is 3.23. The van der Waals surface area contributed by atoms with Gasteiger partial charge in [0, 0.05) is 29.0 Å². The lowest BCUT2D eigenvalue weighted by Crippen LogP contribution is -2.36. The molecule has 7 heteroatoms. The lowest BCUT2D eigenvalue weighted by atomic mass is 9.97. The number of aromatic nitrogens is 2. The molecule has 27 heavy (non-hydrogen) atoms. The number of nitrogen functional groups attached to an aromatic ring is 1. The Morgan fingerprint density at radius 3 is 2.56 bits per heavy atom. The number of piperidine rings is 1. The van der Waals surface area contributed by atoms with Crippen molar-refractivity contribution in [3.63, 3.8) is 0 Å². The van der Waals surface area contributed by atoms with E-state index in [0.29, 0.717) is 30.1 Å². The number of fused-ring (bicyclic) bond motifs is 1. The number of halogens is 1. The predicted molar refractivity (Wildman–Crippen MR) is 106 cm³/mol. The maximum absolute atomic E-state index is 11.2. The van der Waals surface area contributed by atoms with Crippen molar-refractivity contribution in [2.24, 2.45) is 5.92 Å². The maximum atomic E-state index is 11.2. The van der Waals surface area contributed by atoms with E-state index in [4.69, 9.17) is 22.3 Å². The molecule has 6 nitrogen and oxygen atoms in total. The number of anilines is 1. The highest BCUT2D eigenvalue weighted by Gasteiger charge is 2.26. The molecule has 0 unspecified atom stereocenters. The number of imidazole rings is 1. The largest absolute Gasteiger partial charge is 0.481 e. The fourth-order valence-electron chi connectivity index (χ4n) is 3.65. The van der Waals surface area contributed by atoms with Gasteiger partial charge in [0.05, 0.1) is 17.3 Å². The van der Waals surface area contributed by atoms with E-state index >= 15 is 0 Å². The highest BCUT2D eigenvalue weighted by molar-refractivity contribution is 6.30. The number of nitrogens with zero attached hydrogens (tertiary/aromatic N) is 3. The first kappa shape index (κ1) is 17.8. The zero-order chi connectivity index (χ0) is 19.0. The molecule has 4 rings (SSSR count). The number of pyridine rings is 1. The van der Waals surface area contributed by atoms with Gasteiger partial charge in [0.15, 0.2) is 0 Å². The van der Waals surface area contributed by atoms with E-state index in [2.05, 4.69) is 4.90 Å². The minimum atomic E-state index is -0.695. The van der Waals surface area contributed by atoms with Gasteiger partial charge in [-0.05, 0) is 50.2 Å². The number of carboxylic acid groups (broad SMARTS) is 1. The Kier molecular flexibility index (Phi) is 4.76. The van der Waals surface area contributed by atoms with Crippen molar-refractivity contribution in [3.05, 3.63) is 53.3 Å². The van der Waals surface area contributed by atoms with E-state index in [1.54, 1.807) is 0 Å². The quantitative estimate of drug-likeness (QED) is 0.718.